The molecule has 0 fully saturated rings. The lowest BCUT2D eigenvalue weighted by molar-refractivity contribution is -0.138. The van der Waals surface area contributed by atoms with E-state index in [1.165, 1.54) is 12.1 Å². The van der Waals surface area contributed by atoms with Crippen molar-refractivity contribution in [3.05, 3.63) is 53.1 Å². The second-order valence-corrected chi connectivity index (χ2v) is 4.45. The van der Waals surface area contributed by atoms with Crippen molar-refractivity contribution in [2.75, 3.05) is 5.73 Å². The van der Waals surface area contributed by atoms with Crippen LogP contribution in [0.1, 0.15) is 16.7 Å². The van der Waals surface area contributed by atoms with Gasteiger partial charge in [0.25, 0.3) is 0 Å². The van der Waals surface area contributed by atoms with Crippen molar-refractivity contribution in [3.63, 3.8) is 0 Å². The quantitative estimate of drug-likeness (QED) is 0.841. The summed E-state index contributed by atoms with van der Waals surface area (Å²) >= 11 is 0. The standard InChI is InChI=1S/C15H11F3N2O/c1-9-2-3-10(8-19)6-14(9)21-13-5-4-11(20)7-12(13)15(16,17)18/h2-7H,20H2,1H3. The van der Waals surface area contributed by atoms with Crippen LogP contribution in [0.2, 0.25) is 0 Å². The highest BCUT2D eigenvalue weighted by Crippen LogP contribution is 2.39. The van der Waals surface area contributed by atoms with Crippen molar-refractivity contribution >= 4 is 5.69 Å². The predicted molar refractivity (Wildman–Crippen MR) is 71.8 cm³/mol. The minimum Gasteiger partial charge on any atom is -0.456 e. The molecule has 2 aromatic rings. The number of ether oxygens (including phenoxy) is 1. The van der Waals surface area contributed by atoms with Gasteiger partial charge in [0.05, 0.1) is 11.6 Å². The third kappa shape index (κ3) is 3.26. The van der Waals surface area contributed by atoms with Gasteiger partial charge in [0.1, 0.15) is 17.1 Å². The Hall–Kier alpha value is -2.68. The fourth-order valence-corrected chi connectivity index (χ4v) is 1.76. The Bertz CT molecular complexity index is 718. The maximum atomic E-state index is 13.0. The van der Waals surface area contributed by atoms with Gasteiger partial charge in [-0.05, 0) is 42.8 Å². The Morgan fingerprint density at radius 1 is 1.10 bits per heavy atom. The van der Waals surface area contributed by atoms with Crippen LogP contribution >= 0.6 is 0 Å². The van der Waals surface area contributed by atoms with Gasteiger partial charge in [-0.3, -0.25) is 0 Å². The predicted octanol–water partition coefficient (Wildman–Crippen LogP) is 4.26. The molecule has 0 amide bonds. The summed E-state index contributed by atoms with van der Waals surface area (Å²) < 4.78 is 44.3. The number of nitrogens with zero attached hydrogens (tertiary/aromatic N) is 1. The van der Waals surface area contributed by atoms with E-state index in [9.17, 15) is 13.2 Å². The van der Waals surface area contributed by atoms with Crippen LogP contribution in [0.3, 0.4) is 0 Å². The largest absolute Gasteiger partial charge is 0.456 e. The molecule has 2 N–H and O–H groups in total. The Balaban J connectivity index is 2.48. The molecule has 2 aromatic carbocycles. The van der Waals surface area contributed by atoms with Crippen LogP contribution in [-0.2, 0) is 6.18 Å². The van der Waals surface area contributed by atoms with Crippen molar-refractivity contribution in [1.29, 1.82) is 5.26 Å². The molecular weight excluding hydrogens is 281 g/mol. The van der Waals surface area contributed by atoms with E-state index in [0.29, 0.717) is 11.1 Å². The lowest BCUT2D eigenvalue weighted by Crippen LogP contribution is -2.08. The molecule has 0 aliphatic carbocycles. The van der Waals surface area contributed by atoms with Gasteiger partial charge in [0.15, 0.2) is 0 Å². The highest BCUT2D eigenvalue weighted by atomic mass is 19.4. The third-order valence-electron chi connectivity index (χ3n) is 2.85. The average molecular weight is 292 g/mol. The Labute approximate surface area is 119 Å². The Morgan fingerprint density at radius 2 is 1.81 bits per heavy atom. The summed E-state index contributed by atoms with van der Waals surface area (Å²) in [5.41, 5.74) is 5.37. The molecule has 0 aliphatic heterocycles. The molecule has 0 bridgehead atoms. The second-order valence-electron chi connectivity index (χ2n) is 4.45. The summed E-state index contributed by atoms with van der Waals surface area (Å²) in [6, 6.07) is 9.79. The van der Waals surface area contributed by atoms with Crippen LogP contribution in [0.15, 0.2) is 36.4 Å². The van der Waals surface area contributed by atoms with E-state index in [4.69, 9.17) is 15.7 Å². The maximum Gasteiger partial charge on any atom is 0.420 e. The van der Waals surface area contributed by atoms with Crippen molar-refractivity contribution in [2.45, 2.75) is 13.1 Å². The van der Waals surface area contributed by atoms with Gasteiger partial charge in [-0.25, -0.2) is 0 Å². The van der Waals surface area contributed by atoms with Crippen LogP contribution in [0.25, 0.3) is 0 Å². The molecule has 6 heteroatoms. The number of hydrogen-bond donors (Lipinski definition) is 1. The van der Waals surface area contributed by atoms with Crippen LogP contribution < -0.4 is 10.5 Å². The van der Waals surface area contributed by atoms with E-state index in [2.05, 4.69) is 0 Å². The fraction of sp³-hybridized carbons (Fsp3) is 0.133. The number of nitriles is 1. The lowest BCUT2D eigenvalue weighted by atomic mass is 10.1. The summed E-state index contributed by atoms with van der Waals surface area (Å²) in [6.07, 6.45) is -4.58. The molecule has 0 saturated carbocycles. The molecule has 0 radical (unpaired) electrons. The zero-order chi connectivity index (χ0) is 15.6. The van der Waals surface area contributed by atoms with Gasteiger partial charge in [-0.1, -0.05) is 6.07 Å². The number of nitrogen functional groups attached to an aromatic ring is 1. The van der Waals surface area contributed by atoms with Crippen LogP contribution in [0.5, 0.6) is 11.5 Å². The molecule has 0 heterocycles. The number of nitrogens with two attached hydrogens (primary N) is 1. The summed E-state index contributed by atoms with van der Waals surface area (Å²) in [6.45, 7) is 1.68. The van der Waals surface area contributed by atoms with E-state index < -0.39 is 11.7 Å². The zero-order valence-corrected chi connectivity index (χ0v) is 11.0. The Kier molecular flexibility index (Phi) is 3.76. The van der Waals surface area contributed by atoms with Crippen molar-refractivity contribution < 1.29 is 17.9 Å². The first-order valence-electron chi connectivity index (χ1n) is 5.96. The minimum absolute atomic E-state index is 0.00262. The number of alkyl halides is 3. The van der Waals surface area contributed by atoms with Crippen molar-refractivity contribution in [1.82, 2.24) is 0 Å². The first kappa shape index (κ1) is 14.7. The summed E-state index contributed by atoms with van der Waals surface area (Å²) in [5, 5.41) is 8.84. The molecule has 0 aliphatic rings. The first-order valence-corrected chi connectivity index (χ1v) is 5.96. The van der Waals surface area contributed by atoms with Crippen molar-refractivity contribution in [2.24, 2.45) is 0 Å². The van der Waals surface area contributed by atoms with Crippen LogP contribution in [0, 0.1) is 18.3 Å². The smallest absolute Gasteiger partial charge is 0.420 e. The number of halogens is 3. The SMILES string of the molecule is Cc1ccc(C#N)cc1Oc1ccc(N)cc1C(F)(F)F. The molecule has 0 saturated heterocycles. The number of benzene rings is 2. The molecule has 3 nitrogen and oxygen atoms in total. The number of rotatable bonds is 2. The number of aryl methyl sites for hydroxylation is 1. The van der Waals surface area contributed by atoms with Gasteiger partial charge in [0, 0.05) is 5.69 Å². The minimum atomic E-state index is -4.58. The van der Waals surface area contributed by atoms with Gasteiger partial charge in [-0.15, -0.1) is 0 Å². The van der Waals surface area contributed by atoms with Gasteiger partial charge in [0.2, 0.25) is 0 Å². The monoisotopic (exact) mass is 292 g/mol. The summed E-state index contributed by atoms with van der Waals surface area (Å²) in [7, 11) is 0. The molecule has 21 heavy (non-hydrogen) atoms. The van der Waals surface area contributed by atoms with Gasteiger partial charge < -0.3 is 10.5 Å². The molecule has 0 atom stereocenters. The summed E-state index contributed by atoms with van der Waals surface area (Å²) in [5.74, 6) is -0.154. The van der Waals surface area contributed by atoms with Crippen molar-refractivity contribution in [3.8, 4) is 17.6 Å². The van der Waals surface area contributed by atoms with E-state index in [0.717, 1.165) is 12.1 Å². The molecule has 2 rings (SSSR count). The fourth-order valence-electron chi connectivity index (χ4n) is 1.76. The van der Waals surface area contributed by atoms with E-state index in [1.807, 2.05) is 6.07 Å². The Morgan fingerprint density at radius 3 is 2.43 bits per heavy atom. The topological polar surface area (TPSA) is 59.0 Å². The zero-order valence-electron chi connectivity index (χ0n) is 11.0. The first-order chi connectivity index (χ1) is 9.81. The van der Waals surface area contributed by atoms with E-state index >= 15 is 0 Å². The van der Waals surface area contributed by atoms with E-state index in [-0.39, 0.29) is 17.2 Å². The van der Waals surface area contributed by atoms with E-state index in [1.54, 1.807) is 19.1 Å². The normalized spacial score (nSPS) is 11.0. The van der Waals surface area contributed by atoms with Gasteiger partial charge >= 0.3 is 6.18 Å². The number of hydrogen-bond acceptors (Lipinski definition) is 3. The molecule has 0 spiro atoms. The molecule has 0 unspecified atom stereocenters. The average Bonchev–Trinajstić information content (AvgIpc) is 2.42. The number of anilines is 1. The second kappa shape index (κ2) is 5.37. The van der Waals surface area contributed by atoms with Crippen LogP contribution in [-0.4, -0.2) is 0 Å². The van der Waals surface area contributed by atoms with Crippen LogP contribution in [0.4, 0.5) is 18.9 Å². The lowest BCUT2D eigenvalue weighted by Gasteiger charge is -2.15. The molecular formula is C15H11F3N2O. The van der Waals surface area contributed by atoms with Gasteiger partial charge in [-0.2, -0.15) is 18.4 Å². The highest BCUT2D eigenvalue weighted by molar-refractivity contribution is 5.51. The summed E-state index contributed by atoms with van der Waals surface area (Å²) in [4.78, 5) is 0. The maximum absolute atomic E-state index is 13.0. The molecule has 108 valence electrons. The highest BCUT2D eigenvalue weighted by Gasteiger charge is 2.34. The third-order valence-corrected chi connectivity index (χ3v) is 2.85. The molecule has 0 aromatic heterocycles.